The lowest BCUT2D eigenvalue weighted by Crippen LogP contribution is -1.98. The van der Waals surface area contributed by atoms with E-state index in [1.165, 1.54) is 5.56 Å². The first-order valence-corrected chi connectivity index (χ1v) is 5.11. The molecule has 0 amide bonds. The first kappa shape index (κ1) is 10.4. The second-order valence-electron chi connectivity index (χ2n) is 3.53. The molecule has 0 fully saturated rings. The average Bonchev–Trinajstić information content (AvgIpc) is 2.29. The Morgan fingerprint density at radius 1 is 1.12 bits per heavy atom. The molecule has 0 bridgehead atoms. The summed E-state index contributed by atoms with van der Waals surface area (Å²) in [4.78, 5) is 8.42. The van der Waals surface area contributed by atoms with Gasteiger partial charge in [0, 0.05) is 12.7 Å². The molecular formula is C12H14N4. The quantitative estimate of drug-likeness (QED) is 0.824. The molecule has 82 valence electrons. The minimum absolute atomic E-state index is 0.734. The van der Waals surface area contributed by atoms with Gasteiger partial charge < -0.3 is 10.6 Å². The normalized spacial score (nSPS) is 9.88. The molecule has 0 aliphatic heterocycles. The lowest BCUT2D eigenvalue weighted by molar-refractivity contribution is 1.18. The second kappa shape index (κ2) is 4.61. The number of hydrogen-bond acceptors (Lipinski definition) is 4. The van der Waals surface area contributed by atoms with Crippen LogP contribution in [0.3, 0.4) is 0 Å². The van der Waals surface area contributed by atoms with Gasteiger partial charge in [-0.1, -0.05) is 12.1 Å². The lowest BCUT2D eigenvalue weighted by atomic mass is 10.2. The molecule has 0 saturated heterocycles. The molecule has 1 aromatic heterocycles. The summed E-state index contributed by atoms with van der Waals surface area (Å²) in [7, 11) is 1.82. The SMILES string of the molecule is CNc1cncc(Nc2cccc(C)c2)n1. The standard InChI is InChI=1S/C12H14N4/c1-9-4-3-5-10(6-9)15-12-8-14-7-11(13-2)16-12/h3-8H,1-2H3,(H2,13,15,16). The molecule has 0 atom stereocenters. The zero-order valence-electron chi connectivity index (χ0n) is 9.36. The Kier molecular flexibility index (Phi) is 3.00. The van der Waals surface area contributed by atoms with Crippen LogP contribution in [-0.2, 0) is 0 Å². The third kappa shape index (κ3) is 2.48. The van der Waals surface area contributed by atoms with Crippen LogP contribution >= 0.6 is 0 Å². The van der Waals surface area contributed by atoms with Crippen molar-refractivity contribution in [2.24, 2.45) is 0 Å². The van der Waals surface area contributed by atoms with Crippen LogP contribution in [0.25, 0.3) is 0 Å². The van der Waals surface area contributed by atoms with Gasteiger partial charge in [-0.05, 0) is 24.6 Å². The highest BCUT2D eigenvalue weighted by Gasteiger charge is 1.98. The van der Waals surface area contributed by atoms with Crippen LogP contribution in [0.5, 0.6) is 0 Å². The molecular weight excluding hydrogens is 200 g/mol. The van der Waals surface area contributed by atoms with E-state index in [1.54, 1.807) is 12.4 Å². The van der Waals surface area contributed by atoms with Crippen molar-refractivity contribution in [3.05, 3.63) is 42.2 Å². The van der Waals surface area contributed by atoms with Crippen LogP contribution in [-0.4, -0.2) is 17.0 Å². The molecule has 2 aromatic rings. The summed E-state index contributed by atoms with van der Waals surface area (Å²) in [6.07, 6.45) is 3.38. The number of aryl methyl sites for hydroxylation is 1. The van der Waals surface area contributed by atoms with Crippen molar-refractivity contribution in [3.63, 3.8) is 0 Å². The van der Waals surface area contributed by atoms with Gasteiger partial charge in [-0.2, -0.15) is 0 Å². The zero-order valence-corrected chi connectivity index (χ0v) is 9.36. The molecule has 0 radical (unpaired) electrons. The minimum atomic E-state index is 0.734. The molecule has 4 heteroatoms. The van der Waals surface area contributed by atoms with E-state index in [1.807, 2.05) is 19.2 Å². The van der Waals surface area contributed by atoms with Crippen LogP contribution in [0.2, 0.25) is 0 Å². The molecule has 2 rings (SSSR count). The largest absolute Gasteiger partial charge is 0.372 e. The zero-order chi connectivity index (χ0) is 11.4. The van der Waals surface area contributed by atoms with Crippen LogP contribution in [0.4, 0.5) is 17.3 Å². The molecule has 0 unspecified atom stereocenters. The van der Waals surface area contributed by atoms with Crippen LogP contribution in [0, 0.1) is 6.92 Å². The Balaban J connectivity index is 2.20. The summed E-state index contributed by atoms with van der Waals surface area (Å²) in [6.45, 7) is 2.06. The van der Waals surface area contributed by atoms with Gasteiger partial charge in [0.15, 0.2) is 5.82 Å². The molecule has 0 aliphatic carbocycles. The third-order valence-corrected chi connectivity index (χ3v) is 2.18. The van der Waals surface area contributed by atoms with Crippen molar-refractivity contribution in [2.45, 2.75) is 6.92 Å². The van der Waals surface area contributed by atoms with Crippen molar-refractivity contribution >= 4 is 17.3 Å². The third-order valence-electron chi connectivity index (χ3n) is 2.18. The molecule has 1 heterocycles. The van der Waals surface area contributed by atoms with Gasteiger partial charge in [0.2, 0.25) is 0 Å². The Morgan fingerprint density at radius 3 is 2.69 bits per heavy atom. The first-order chi connectivity index (χ1) is 7.78. The van der Waals surface area contributed by atoms with Gasteiger partial charge in [0.25, 0.3) is 0 Å². The molecule has 4 nitrogen and oxygen atoms in total. The summed E-state index contributed by atoms with van der Waals surface area (Å²) in [5.74, 6) is 1.48. The van der Waals surface area contributed by atoms with Crippen molar-refractivity contribution in [2.75, 3.05) is 17.7 Å². The summed E-state index contributed by atoms with van der Waals surface area (Å²) in [5, 5.41) is 6.16. The fraction of sp³-hybridized carbons (Fsp3) is 0.167. The summed E-state index contributed by atoms with van der Waals surface area (Å²) >= 11 is 0. The number of hydrogen-bond donors (Lipinski definition) is 2. The second-order valence-corrected chi connectivity index (χ2v) is 3.53. The van der Waals surface area contributed by atoms with Crippen molar-refractivity contribution in [1.29, 1.82) is 0 Å². The smallest absolute Gasteiger partial charge is 0.151 e. The number of aromatic nitrogens is 2. The van der Waals surface area contributed by atoms with Gasteiger partial charge in [-0.15, -0.1) is 0 Å². The van der Waals surface area contributed by atoms with Crippen molar-refractivity contribution in [1.82, 2.24) is 9.97 Å². The topological polar surface area (TPSA) is 49.8 Å². The van der Waals surface area contributed by atoms with E-state index in [0.717, 1.165) is 17.3 Å². The highest BCUT2D eigenvalue weighted by molar-refractivity contribution is 5.57. The van der Waals surface area contributed by atoms with Crippen LogP contribution in [0.15, 0.2) is 36.7 Å². The monoisotopic (exact) mass is 214 g/mol. The Labute approximate surface area is 94.8 Å². The van der Waals surface area contributed by atoms with Gasteiger partial charge >= 0.3 is 0 Å². The maximum absolute atomic E-state index is 4.33. The van der Waals surface area contributed by atoms with E-state index in [4.69, 9.17) is 0 Å². The van der Waals surface area contributed by atoms with E-state index in [9.17, 15) is 0 Å². The number of anilines is 3. The number of nitrogens with one attached hydrogen (secondary N) is 2. The Hall–Kier alpha value is -2.10. The number of rotatable bonds is 3. The minimum Gasteiger partial charge on any atom is -0.372 e. The Bertz CT molecular complexity index is 482. The molecule has 2 N–H and O–H groups in total. The van der Waals surface area contributed by atoms with Gasteiger partial charge in [-0.3, -0.25) is 4.98 Å². The predicted octanol–water partition coefficient (Wildman–Crippen LogP) is 2.57. The first-order valence-electron chi connectivity index (χ1n) is 5.11. The van der Waals surface area contributed by atoms with E-state index in [-0.39, 0.29) is 0 Å². The summed E-state index contributed by atoms with van der Waals surface area (Å²) in [5.41, 5.74) is 2.23. The molecule has 0 aliphatic rings. The average molecular weight is 214 g/mol. The summed E-state index contributed by atoms with van der Waals surface area (Å²) < 4.78 is 0. The fourth-order valence-corrected chi connectivity index (χ4v) is 1.42. The van der Waals surface area contributed by atoms with E-state index < -0.39 is 0 Å². The molecule has 16 heavy (non-hydrogen) atoms. The Morgan fingerprint density at radius 2 is 1.94 bits per heavy atom. The lowest BCUT2D eigenvalue weighted by Gasteiger charge is -2.07. The van der Waals surface area contributed by atoms with Gasteiger partial charge in [-0.25, -0.2) is 4.98 Å². The summed E-state index contributed by atoms with van der Waals surface area (Å²) in [6, 6.07) is 8.13. The van der Waals surface area contributed by atoms with Crippen molar-refractivity contribution in [3.8, 4) is 0 Å². The van der Waals surface area contributed by atoms with E-state index in [2.05, 4.69) is 39.7 Å². The van der Waals surface area contributed by atoms with Gasteiger partial charge in [0.05, 0.1) is 12.4 Å². The molecule has 1 aromatic carbocycles. The highest BCUT2D eigenvalue weighted by atomic mass is 15.1. The maximum atomic E-state index is 4.33. The molecule has 0 saturated carbocycles. The fourth-order valence-electron chi connectivity index (χ4n) is 1.42. The van der Waals surface area contributed by atoms with Crippen LogP contribution < -0.4 is 10.6 Å². The highest BCUT2D eigenvalue weighted by Crippen LogP contribution is 2.15. The van der Waals surface area contributed by atoms with Gasteiger partial charge in [0.1, 0.15) is 5.82 Å². The van der Waals surface area contributed by atoms with Crippen LogP contribution in [0.1, 0.15) is 5.56 Å². The molecule has 0 spiro atoms. The van der Waals surface area contributed by atoms with Crippen molar-refractivity contribution < 1.29 is 0 Å². The maximum Gasteiger partial charge on any atom is 0.151 e. The predicted molar refractivity (Wildman–Crippen MR) is 66.0 cm³/mol. The number of nitrogens with zero attached hydrogens (tertiary/aromatic N) is 2. The number of benzene rings is 1. The van der Waals surface area contributed by atoms with E-state index >= 15 is 0 Å². The van der Waals surface area contributed by atoms with E-state index in [0.29, 0.717) is 0 Å².